The summed E-state index contributed by atoms with van der Waals surface area (Å²) in [5.74, 6) is 0.626. The van der Waals surface area contributed by atoms with Crippen LogP contribution < -0.4 is 10.5 Å². The molecule has 0 aliphatic rings. The molecule has 98 valence electrons. The van der Waals surface area contributed by atoms with Gasteiger partial charge in [0.05, 0.1) is 7.11 Å². The van der Waals surface area contributed by atoms with Gasteiger partial charge in [-0.2, -0.15) is 0 Å². The number of ether oxygens (including phenoxy) is 1. The second kappa shape index (κ2) is 5.33. The van der Waals surface area contributed by atoms with Crippen LogP contribution in [-0.2, 0) is 0 Å². The number of hydrogen-bond acceptors (Lipinski definition) is 3. The Bertz CT molecular complexity index is 638. The van der Waals surface area contributed by atoms with E-state index >= 15 is 0 Å². The number of ketones is 1. The monoisotopic (exact) mass is 275 g/mol. The predicted octanol–water partition coefficient (Wildman–Crippen LogP) is 3.47. The van der Waals surface area contributed by atoms with Crippen LogP contribution in [0.2, 0.25) is 5.02 Å². The van der Waals surface area contributed by atoms with Gasteiger partial charge in [-0.15, -0.1) is 0 Å². The summed E-state index contributed by atoms with van der Waals surface area (Å²) in [4.78, 5) is 12.4. The van der Waals surface area contributed by atoms with E-state index in [1.165, 1.54) is 0 Å². The van der Waals surface area contributed by atoms with Crippen molar-refractivity contribution in [1.29, 1.82) is 0 Å². The number of benzene rings is 2. The predicted molar refractivity (Wildman–Crippen MR) is 77.0 cm³/mol. The highest BCUT2D eigenvalue weighted by molar-refractivity contribution is 6.31. The summed E-state index contributed by atoms with van der Waals surface area (Å²) in [6, 6.07) is 10.2. The van der Waals surface area contributed by atoms with E-state index in [-0.39, 0.29) is 5.78 Å². The third-order valence-corrected chi connectivity index (χ3v) is 3.15. The van der Waals surface area contributed by atoms with Crippen LogP contribution in [-0.4, -0.2) is 12.9 Å². The van der Waals surface area contributed by atoms with Crippen LogP contribution in [0.5, 0.6) is 5.75 Å². The smallest absolute Gasteiger partial charge is 0.195 e. The van der Waals surface area contributed by atoms with Crippen molar-refractivity contribution in [3.8, 4) is 5.75 Å². The molecule has 4 heteroatoms. The molecular formula is C15H14ClNO2. The second-order valence-electron chi connectivity index (χ2n) is 4.25. The zero-order chi connectivity index (χ0) is 14.0. The molecule has 2 rings (SSSR count). The van der Waals surface area contributed by atoms with Gasteiger partial charge in [0.15, 0.2) is 5.78 Å². The van der Waals surface area contributed by atoms with Crippen LogP contribution in [0.3, 0.4) is 0 Å². The zero-order valence-corrected chi connectivity index (χ0v) is 11.5. The number of halogens is 1. The van der Waals surface area contributed by atoms with Crippen LogP contribution in [0, 0.1) is 6.92 Å². The quantitative estimate of drug-likeness (QED) is 0.689. The van der Waals surface area contributed by atoms with Crippen molar-refractivity contribution in [1.82, 2.24) is 0 Å². The standard InChI is InChI=1S/C15H14ClNO2/c1-9-7-10(3-6-14(9)19-2)15(18)12-5-4-11(16)8-13(12)17/h3-8H,17H2,1-2H3. The SMILES string of the molecule is COc1ccc(C(=O)c2ccc(Cl)cc2N)cc1C. The van der Waals surface area contributed by atoms with Crippen LogP contribution in [0.25, 0.3) is 0 Å². The third-order valence-electron chi connectivity index (χ3n) is 2.92. The summed E-state index contributed by atoms with van der Waals surface area (Å²) >= 11 is 5.82. The molecule has 0 aliphatic carbocycles. The average molecular weight is 276 g/mol. The molecule has 3 nitrogen and oxygen atoms in total. The maximum atomic E-state index is 12.4. The van der Waals surface area contributed by atoms with Gasteiger partial charge in [0.25, 0.3) is 0 Å². The molecule has 0 spiro atoms. The summed E-state index contributed by atoms with van der Waals surface area (Å²) < 4.78 is 5.17. The van der Waals surface area contributed by atoms with E-state index in [1.807, 2.05) is 6.92 Å². The van der Waals surface area contributed by atoms with E-state index in [1.54, 1.807) is 43.5 Å². The van der Waals surface area contributed by atoms with Gasteiger partial charge in [-0.1, -0.05) is 11.6 Å². The maximum Gasteiger partial charge on any atom is 0.195 e. The summed E-state index contributed by atoms with van der Waals surface area (Å²) in [7, 11) is 1.60. The fourth-order valence-electron chi connectivity index (χ4n) is 1.92. The first-order valence-corrected chi connectivity index (χ1v) is 6.15. The Labute approximate surface area is 117 Å². The first-order valence-electron chi connectivity index (χ1n) is 5.77. The lowest BCUT2D eigenvalue weighted by Crippen LogP contribution is -2.05. The van der Waals surface area contributed by atoms with Gasteiger partial charge in [-0.25, -0.2) is 0 Å². The number of nitrogen functional groups attached to an aromatic ring is 1. The lowest BCUT2D eigenvalue weighted by atomic mass is 10.00. The van der Waals surface area contributed by atoms with Crippen LogP contribution >= 0.6 is 11.6 Å². The third kappa shape index (κ3) is 2.71. The second-order valence-corrected chi connectivity index (χ2v) is 4.68. The van der Waals surface area contributed by atoms with Crippen molar-refractivity contribution in [2.45, 2.75) is 6.92 Å². The topological polar surface area (TPSA) is 52.3 Å². The average Bonchev–Trinajstić information content (AvgIpc) is 2.38. The highest BCUT2D eigenvalue weighted by atomic mass is 35.5. The number of carbonyl (C=O) groups excluding carboxylic acids is 1. The fourth-order valence-corrected chi connectivity index (χ4v) is 2.10. The van der Waals surface area contributed by atoms with Crippen molar-refractivity contribution in [2.75, 3.05) is 12.8 Å². The Morgan fingerprint density at radius 3 is 2.53 bits per heavy atom. The number of anilines is 1. The van der Waals surface area contributed by atoms with Crippen molar-refractivity contribution >= 4 is 23.1 Å². The van der Waals surface area contributed by atoms with Crippen LogP contribution in [0.15, 0.2) is 36.4 Å². The summed E-state index contributed by atoms with van der Waals surface area (Å²) in [6.07, 6.45) is 0. The molecule has 0 unspecified atom stereocenters. The van der Waals surface area contributed by atoms with Gasteiger partial charge in [-0.05, 0) is 48.9 Å². The van der Waals surface area contributed by atoms with Gasteiger partial charge in [0.1, 0.15) is 5.75 Å². The number of rotatable bonds is 3. The number of nitrogens with two attached hydrogens (primary N) is 1. The molecule has 0 saturated heterocycles. The number of hydrogen-bond donors (Lipinski definition) is 1. The molecule has 0 radical (unpaired) electrons. The van der Waals surface area contributed by atoms with Crippen molar-refractivity contribution < 1.29 is 9.53 Å². The van der Waals surface area contributed by atoms with E-state index < -0.39 is 0 Å². The minimum Gasteiger partial charge on any atom is -0.496 e. The number of carbonyl (C=O) groups is 1. The largest absolute Gasteiger partial charge is 0.496 e. The summed E-state index contributed by atoms with van der Waals surface area (Å²) in [6.45, 7) is 1.89. The first-order chi connectivity index (χ1) is 9.02. The number of methoxy groups -OCH3 is 1. The molecule has 0 amide bonds. The molecule has 0 fully saturated rings. The molecule has 2 aromatic rings. The van der Waals surface area contributed by atoms with E-state index in [0.29, 0.717) is 21.8 Å². The van der Waals surface area contributed by atoms with Crippen LogP contribution in [0.1, 0.15) is 21.5 Å². The normalized spacial score (nSPS) is 10.3. The van der Waals surface area contributed by atoms with Crippen molar-refractivity contribution in [3.63, 3.8) is 0 Å². The lowest BCUT2D eigenvalue weighted by Gasteiger charge is -2.08. The molecule has 0 heterocycles. The molecule has 0 aliphatic heterocycles. The Hall–Kier alpha value is -2.00. The Balaban J connectivity index is 2.41. The molecule has 0 bridgehead atoms. The zero-order valence-electron chi connectivity index (χ0n) is 10.7. The molecule has 0 atom stereocenters. The van der Waals surface area contributed by atoms with Gasteiger partial charge in [0.2, 0.25) is 0 Å². The van der Waals surface area contributed by atoms with Gasteiger partial charge in [0, 0.05) is 21.8 Å². The van der Waals surface area contributed by atoms with E-state index in [2.05, 4.69) is 0 Å². The van der Waals surface area contributed by atoms with Crippen molar-refractivity contribution in [3.05, 3.63) is 58.1 Å². The van der Waals surface area contributed by atoms with E-state index in [4.69, 9.17) is 22.1 Å². The lowest BCUT2D eigenvalue weighted by molar-refractivity contribution is 0.103. The molecule has 0 saturated carbocycles. The molecule has 2 aromatic carbocycles. The molecule has 0 aromatic heterocycles. The minimum absolute atomic E-state index is 0.125. The minimum atomic E-state index is -0.125. The van der Waals surface area contributed by atoms with Gasteiger partial charge < -0.3 is 10.5 Å². The summed E-state index contributed by atoms with van der Waals surface area (Å²) in [5, 5.41) is 0.514. The van der Waals surface area contributed by atoms with E-state index in [9.17, 15) is 4.79 Å². The fraction of sp³-hybridized carbons (Fsp3) is 0.133. The maximum absolute atomic E-state index is 12.4. The Kier molecular flexibility index (Phi) is 3.76. The van der Waals surface area contributed by atoms with Gasteiger partial charge in [-0.3, -0.25) is 4.79 Å². The molecular weight excluding hydrogens is 262 g/mol. The number of aryl methyl sites for hydroxylation is 1. The Morgan fingerprint density at radius 2 is 1.95 bits per heavy atom. The van der Waals surface area contributed by atoms with Gasteiger partial charge >= 0.3 is 0 Å². The Morgan fingerprint density at radius 1 is 1.21 bits per heavy atom. The molecule has 2 N–H and O–H groups in total. The summed E-state index contributed by atoms with van der Waals surface area (Å²) in [5.41, 5.74) is 8.14. The highest BCUT2D eigenvalue weighted by Crippen LogP contribution is 2.24. The van der Waals surface area contributed by atoms with Crippen molar-refractivity contribution in [2.24, 2.45) is 0 Å². The first kappa shape index (κ1) is 13.4. The van der Waals surface area contributed by atoms with Crippen LogP contribution in [0.4, 0.5) is 5.69 Å². The highest BCUT2D eigenvalue weighted by Gasteiger charge is 2.13. The van der Waals surface area contributed by atoms with E-state index in [0.717, 1.165) is 11.3 Å². The molecule has 19 heavy (non-hydrogen) atoms.